The molecule has 0 saturated carbocycles. The summed E-state index contributed by atoms with van der Waals surface area (Å²) in [5, 5.41) is 15.9. The molecule has 0 heterocycles. The van der Waals surface area contributed by atoms with Gasteiger partial charge in [-0.25, -0.2) is 0 Å². The summed E-state index contributed by atoms with van der Waals surface area (Å²) in [6.07, 6.45) is 0.678. The molecule has 0 bridgehead atoms. The van der Waals surface area contributed by atoms with Crippen molar-refractivity contribution in [1.29, 1.82) is 0 Å². The molecule has 0 saturated heterocycles. The zero-order valence-corrected chi connectivity index (χ0v) is 14.0. The van der Waals surface area contributed by atoms with E-state index in [1.807, 2.05) is 36.4 Å². The van der Waals surface area contributed by atoms with Gasteiger partial charge in [0.1, 0.15) is 0 Å². The SMILES string of the molecule is O=C(NCCc1cccc2ccccc12)c1ccc([N+](=O)[O-])cc1Cl. The van der Waals surface area contributed by atoms with Crippen LogP contribution in [0.25, 0.3) is 10.8 Å². The summed E-state index contributed by atoms with van der Waals surface area (Å²) in [5.41, 5.74) is 1.23. The number of halogens is 1. The molecule has 0 unspecified atom stereocenters. The molecule has 6 heteroatoms. The van der Waals surface area contributed by atoms with Crippen molar-refractivity contribution in [3.63, 3.8) is 0 Å². The van der Waals surface area contributed by atoms with Crippen LogP contribution in [0, 0.1) is 10.1 Å². The molecular formula is C19H15ClN2O3. The van der Waals surface area contributed by atoms with Crippen molar-refractivity contribution < 1.29 is 9.72 Å². The fraction of sp³-hybridized carbons (Fsp3) is 0.105. The maximum atomic E-state index is 12.2. The Morgan fingerprint density at radius 3 is 2.60 bits per heavy atom. The summed E-state index contributed by atoms with van der Waals surface area (Å²) in [7, 11) is 0. The van der Waals surface area contributed by atoms with Gasteiger partial charge in [0, 0.05) is 18.7 Å². The average molecular weight is 355 g/mol. The number of carbonyl (C=O) groups excluding carboxylic acids is 1. The maximum absolute atomic E-state index is 12.2. The number of nitro groups is 1. The molecule has 0 aliphatic rings. The van der Waals surface area contributed by atoms with Crippen LogP contribution in [0.3, 0.4) is 0 Å². The number of benzene rings is 3. The van der Waals surface area contributed by atoms with Crippen molar-refractivity contribution in [3.05, 3.63) is 86.9 Å². The normalized spacial score (nSPS) is 10.6. The first kappa shape index (κ1) is 16.9. The van der Waals surface area contributed by atoms with E-state index in [4.69, 9.17) is 11.6 Å². The number of non-ortho nitro benzene ring substituents is 1. The molecular weight excluding hydrogens is 340 g/mol. The highest BCUT2D eigenvalue weighted by Crippen LogP contribution is 2.22. The van der Waals surface area contributed by atoms with E-state index in [0.29, 0.717) is 13.0 Å². The molecule has 0 aliphatic carbocycles. The standard InChI is InChI=1S/C19H15ClN2O3/c20-18-12-15(22(24)25)8-9-17(18)19(23)21-11-10-14-6-3-5-13-4-1-2-7-16(13)14/h1-9,12H,10-11H2,(H,21,23). The second-order valence-corrected chi connectivity index (χ2v) is 5.97. The fourth-order valence-corrected chi connectivity index (χ4v) is 2.98. The van der Waals surface area contributed by atoms with Gasteiger partial charge in [0.2, 0.25) is 0 Å². The molecule has 3 aromatic carbocycles. The number of fused-ring (bicyclic) bond motifs is 1. The van der Waals surface area contributed by atoms with E-state index in [-0.39, 0.29) is 22.2 Å². The molecule has 0 aromatic heterocycles. The van der Waals surface area contributed by atoms with Gasteiger partial charge in [-0.2, -0.15) is 0 Å². The quantitative estimate of drug-likeness (QED) is 0.546. The number of nitro benzene ring substituents is 1. The van der Waals surface area contributed by atoms with Crippen molar-refractivity contribution in [1.82, 2.24) is 5.32 Å². The molecule has 0 atom stereocenters. The topological polar surface area (TPSA) is 72.2 Å². The van der Waals surface area contributed by atoms with Gasteiger partial charge >= 0.3 is 0 Å². The van der Waals surface area contributed by atoms with E-state index in [2.05, 4.69) is 11.4 Å². The molecule has 1 N–H and O–H groups in total. The molecule has 0 aliphatic heterocycles. The monoisotopic (exact) mass is 354 g/mol. The fourth-order valence-electron chi connectivity index (χ4n) is 2.72. The first-order valence-corrected chi connectivity index (χ1v) is 8.13. The van der Waals surface area contributed by atoms with Crippen molar-refractivity contribution in [2.24, 2.45) is 0 Å². The zero-order valence-electron chi connectivity index (χ0n) is 13.2. The van der Waals surface area contributed by atoms with E-state index in [1.165, 1.54) is 18.2 Å². The minimum Gasteiger partial charge on any atom is -0.352 e. The number of nitrogens with zero attached hydrogens (tertiary/aromatic N) is 1. The predicted molar refractivity (Wildman–Crippen MR) is 98.1 cm³/mol. The highest BCUT2D eigenvalue weighted by atomic mass is 35.5. The number of hydrogen-bond donors (Lipinski definition) is 1. The molecule has 25 heavy (non-hydrogen) atoms. The molecule has 3 rings (SSSR count). The summed E-state index contributed by atoms with van der Waals surface area (Å²) in [6.45, 7) is 0.445. The number of carbonyl (C=O) groups is 1. The molecule has 0 spiro atoms. The average Bonchev–Trinajstić information content (AvgIpc) is 2.61. The Balaban J connectivity index is 1.67. The summed E-state index contributed by atoms with van der Waals surface area (Å²) in [6, 6.07) is 18.0. The van der Waals surface area contributed by atoms with Crippen molar-refractivity contribution in [2.45, 2.75) is 6.42 Å². The summed E-state index contributed by atoms with van der Waals surface area (Å²) < 4.78 is 0. The zero-order chi connectivity index (χ0) is 17.8. The summed E-state index contributed by atoms with van der Waals surface area (Å²) in [4.78, 5) is 22.4. The Labute approximate surface area is 149 Å². The third-order valence-electron chi connectivity index (χ3n) is 3.97. The Bertz CT molecular complexity index is 951. The van der Waals surface area contributed by atoms with Crippen LogP contribution in [-0.2, 0) is 6.42 Å². The predicted octanol–water partition coefficient (Wildman–Crippen LogP) is 4.37. The highest BCUT2D eigenvalue weighted by molar-refractivity contribution is 6.34. The number of hydrogen-bond acceptors (Lipinski definition) is 3. The summed E-state index contributed by atoms with van der Waals surface area (Å²) in [5.74, 6) is -0.347. The van der Waals surface area contributed by atoms with E-state index < -0.39 is 4.92 Å². The van der Waals surface area contributed by atoms with Gasteiger partial charge in [0.05, 0.1) is 15.5 Å². The lowest BCUT2D eigenvalue weighted by Gasteiger charge is -2.09. The molecule has 3 aromatic rings. The minimum atomic E-state index is -0.548. The van der Waals surface area contributed by atoms with Gasteiger partial charge in [-0.3, -0.25) is 14.9 Å². The molecule has 0 fully saturated rings. The van der Waals surface area contributed by atoms with Crippen LogP contribution < -0.4 is 5.32 Å². The highest BCUT2D eigenvalue weighted by Gasteiger charge is 2.14. The molecule has 1 amide bonds. The Morgan fingerprint density at radius 1 is 1.08 bits per heavy atom. The maximum Gasteiger partial charge on any atom is 0.270 e. The lowest BCUT2D eigenvalue weighted by Crippen LogP contribution is -2.26. The third-order valence-corrected chi connectivity index (χ3v) is 4.28. The van der Waals surface area contributed by atoms with Crippen molar-refractivity contribution in [2.75, 3.05) is 6.54 Å². The van der Waals surface area contributed by atoms with E-state index in [0.717, 1.165) is 16.3 Å². The first-order valence-electron chi connectivity index (χ1n) is 7.75. The van der Waals surface area contributed by atoms with E-state index in [9.17, 15) is 14.9 Å². The Kier molecular flexibility index (Phi) is 4.95. The van der Waals surface area contributed by atoms with Gasteiger partial charge in [-0.15, -0.1) is 0 Å². The second kappa shape index (κ2) is 7.32. The smallest absolute Gasteiger partial charge is 0.270 e. The van der Waals surface area contributed by atoms with Crippen molar-refractivity contribution in [3.8, 4) is 0 Å². The van der Waals surface area contributed by atoms with Gasteiger partial charge < -0.3 is 5.32 Å². The Hall–Kier alpha value is -2.92. The van der Waals surface area contributed by atoms with Crippen LogP contribution in [0.2, 0.25) is 5.02 Å². The number of amides is 1. The number of nitrogens with one attached hydrogen (secondary N) is 1. The number of rotatable bonds is 5. The van der Waals surface area contributed by atoms with Crippen LogP contribution in [0.4, 0.5) is 5.69 Å². The third kappa shape index (κ3) is 3.78. The van der Waals surface area contributed by atoms with Gasteiger partial charge in [-0.1, -0.05) is 54.1 Å². The first-order chi connectivity index (χ1) is 12.1. The second-order valence-electron chi connectivity index (χ2n) is 5.57. The van der Waals surface area contributed by atoms with Crippen LogP contribution in [0.15, 0.2) is 60.7 Å². The molecule has 126 valence electrons. The lowest BCUT2D eigenvalue weighted by molar-refractivity contribution is -0.384. The van der Waals surface area contributed by atoms with Crippen LogP contribution in [0.1, 0.15) is 15.9 Å². The van der Waals surface area contributed by atoms with E-state index in [1.54, 1.807) is 0 Å². The lowest BCUT2D eigenvalue weighted by atomic mass is 10.0. The van der Waals surface area contributed by atoms with Gasteiger partial charge in [0.15, 0.2) is 0 Å². The van der Waals surface area contributed by atoms with Crippen LogP contribution in [0.5, 0.6) is 0 Å². The van der Waals surface area contributed by atoms with Gasteiger partial charge in [0.25, 0.3) is 11.6 Å². The van der Waals surface area contributed by atoms with Crippen molar-refractivity contribution >= 4 is 34.0 Å². The van der Waals surface area contributed by atoms with Gasteiger partial charge in [-0.05, 0) is 28.8 Å². The molecule has 5 nitrogen and oxygen atoms in total. The summed E-state index contributed by atoms with van der Waals surface area (Å²) >= 11 is 5.98. The Morgan fingerprint density at radius 2 is 1.84 bits per heavy atom. The molecule has 0 radical (unpaired) electrons. The minimum absolute atomic E-state index is 0.0665. The van der Waals surface area contributed by atoms with Crippen LogP contribution >= 0.6 is 11.6 Å². The van der Waals surface area contributed by atoms with Crippen LogP contribution in [-0.4, -0.2) is 17.4 Å². The van der Waals surface area contributed by atoms with E-state index >= 15 is 0 Å². The largest absolute Gasteiger partial charge is 0.352 e.